The van der Waals surface area contributed by atoms with Gasteiger partial charge in [-0.2, -0.15) is 0 Å². The largest absolute Gasteiger partial charge is 0.481 e. The molecule has 0 aliphatic heterocycles. The number of hydrogen-bond acceptors (Lipinski definition) is 2. The number of aliphatic hydroxyl groups excluding tert-OH is 1. The van der Waals surface area contributed by atoms with Crippen LogP contribution in [0.2, 0.25) is 0 Å². The molecule has 30 heavy (non-hydrogen) atoms. The van der Waals surface area contributed by atoms with Gasteiger partial charge in [-0.25, -0.2) is 0 Å². The molecule has 0 bridgehead atoms. The van der Waals surface area contributed by atoms with E-state index in [2.05, 4.69) is 6.92 Å². The molecule has 0 aliphatic rings. The predicted octanol–water partition coefficient (Wildman–Crippen LogP) is 8.81. The molecule has 0 aliphatic carbocycles. The van der Waals surface area contributed by atoms with Gasteiger partial charge >= 0.3 is 5.97 Å². The van der Waals surface area contributed by atoms with E-state index >= 15 is 0 Å². The van der Waals surface area contributed by atoms with Crippen molar-refractivity contribution in [2.24, 2.45) is 0 Å². The Kier molecular flexibility index (Phi) is 24.2. The van der Waals surface area contributed by atoms with Crippen LogP contribution in [0, 0.1) is 0 Å². The molecule has 0 saturated heterocycles. The average molecular weight is 427 g/mol. The minimum absolute atomic E-state index is 0.0891. The summed E-state index contributed by atoms with van der Waals surface area (Å²) in [7, 11) is 0. The Morgan fingerprint density at radius 2 is 0.833 bits per heavy atom. The lowest BCUT2D eigenvalue weighted by Crippen LogP contribution is -2.05. The van der Waals surface area contributed by atoms with Gasteiger partial charge in [0.05, 0.1) is 6.10 Å². The van der Waals surface area contributed by atoms with Gasteiger partial charge in [-0.3, -0.25) is 4.79 Å². The van der Waals surface area contributed by atoms with E-state index in [4.69, 9.17) is 5.11 Å². The number of rotatable bonds is 25. The van der Waals surface area contributed by atoms with Gasteiger partial charge in [0.1, 0.15) is 0 Å². The molecule has 0 rings (SSSR count). The molecule has 3 heteroatoms. The molecule has 2 N–H and O–H groups in total. The average Bonchev–Trinajstić information content (AvgIpc) is 2.72. The van der Waals surface area contributed by atoms with Gasteiger partial charge in [0.2, 0.25) is 0 Å². The first-order chi connectivity index (χ1) is 14.7. The lowest BCUT2D eigenvalue weighted by Gasteiger charge is -2.10. The third-order valence-electron chi connectivity index (χ3n) is 6.32. The van der Waals surface area contributed by atoms with E-state index < -0.39 is 5.97 Å². The van der Waals surface area contributed by atoms with Gasteiger partial charge < -0.3 is 10.2 Å². The Hall–Kier alpha value is -0.570. The van der Waals surface area contributed by atoms with Crippen molar-refractivity contribution < 1.29 is 15.0 Å². The van der Waals surface area contributed by atoms with Crippen LogP contribution in [0.25, 0.3) is 0 Å². The summed E-state index contributed by atoms with van der Waals surface area (Å²) in [6.07, 6.45) is 29.3. The van der Waals surface area contributed by atoms with Gasteiger partial charge in [0.15, 0.2) is 0 Å². The summed E-state index contributed by atoms with van der Waals surface area (Å²) in [5.41, 5.74) is 0. The van der Waals surface area contributed by atoms with E-state index in [1.807, 2.05) is 0 Å². The number of carboxylic acids is 1. The normalized spacial score (nSPS) is 12.3. The highest BCUT2D eigenvalue weighted by atomic mass is 16.4. The Morgan fingerprint density at radius 1 is 0.533 bits per heavy atom. The third kappa shape index (κ3) is 25.5. The Balaban J connectivity index is 3.15. The fourth-order valence-electron chi connectivity index (χ4n) is 4.26. The Labute approximate surface area is 188 Å². The third-order valence-corrected chi connectivity index (χ3v) is 6.32. The second-order valence-electron chi connectivity index (χ2n) is 9.45. The molecule has 0 aromatic rings. The van der Waals surface area contributed by atoms with Crippen LogP contribution in [0.5, 0.6) is 0 Å². The molecular weight excluding hydrogens is 372 g/mol. The fraction of sp³-hybridized carbons (Fsp3) is 0.963. The molecule has 1 unspecified atom stereocenters. The van der Waals surface area contributed by atoms with Crippen molar-refractivity contribution >= 4 is 5.97 Å². The van der Waals surface area contributed by atoms with Crippen LogP contribution in [-0.4, -0.2) is 22.3 Å². The lowest BCUT2D eigenvalue weighted by molar-refractivity contribution is -0.137. The van der Waals surface area contributed by atoms with E-state index in [0.29, 0.717) is 6.42 Å². The van der Waals surface area contributed by atoms with Gasteiger partial charge in [0, 0.05) is 6.42 Å². The molecule has 0 spiro atoms. The summed E-state index contributed by atoms with van der Waals surface area (Å²) < 4.78 is 0. The summed E-state index contributed by atoms with van der Waals surface area (Å²) in [6, 6.07) is 0. The van der Waals surface area contributed by atoms with Crippen molar-refractivity contribution in [3.05, 3.63) is 0 Å². The first kappa shape index (κ1) is 29.4. The fourth-order valence-corrected chi connectivity index (χ4v) is 4.26. The number of hydrogen-bond donors (Lipinski definition) is 2. The topological polar surface area (TPSA) is 57.5 Å². The van der Waals surface area contributed by atoms with Gasteiger partial charge in [-0.1, -0.05) is 135 Å². The highest BCUT2D eigenvalue weighted by Gasteiger charge is 2.04. The van der Waals surface area contributed by atoms with Gasteiger partial charge in [-0.15, -0.1) is 0 Å². The van der Waals surface area contributed by atoms with Crippen LogP contribution >= 0.6 is 0 Å². The van der Waals surface area contributed by atoms with E-state index in [9.17, 15) is 9.90 Å². The number of carboxylic acid groups (broad SMARTS) is 1. The quantitative estimate of drug-likeness (QED) is 0.143. The van der Waals surface area contributed by atoms with Gasteiger partial charge in [-0.05, 0) is 19.3 Å². The summed E-state index contributed by atoms with van der Waals surface area (Å²) in [5.74, 6) is -0.674. The van der Waals surface area contributed by atoms with E-state index in [1.54, 1.807) is 0 Å². The molecule has 0 heterocycles. The van der Waals surface area contributed by atoms with Crippen molar-refractivity contribution in [3.63, 3.8) is 0 Å². The Bertz CT molecular complexity index is 343. The summed E-state index contributed by atoms with van der Waals surface area (Å²) in [4.78, 5) is 10.4. The highest BCUT2D eigenvalue weighted by molar-refractivity contribution is 5.66. The molecule has 0 aromatic heterocycles. The van der Waals surface area contributed by atoms with Crippen LogP contribution in [-0.2, 0) is 4.79 Å². The minimum atomic E-state index is -0.674. The zero-order valence-electron chi connectivity index (χ0n) is 20.4. The molecule has 0 aromatic carbocycles. The second-order valence-corrected chi connectivity index (χ2v) is 9.45. The minimum Gasteiger partial charge on any atom is -0.481 e. The maximum atomic E-state index is 10.4. The predicted molar refractivity (Wildman–Crippen MR) is 130 cm³/mol. The second kappa shape index (κ2) is 24.7. The zero-order valence-corrected chi connectivity index (χ0v) is 20.4. The first-order valence-electron chi connectivity index (χ1n) is 13.6. The smallest absolute Gasteiger partial charge is 0.303 e. The lowest BCUT2D eigenvalue weighted by atomic mass is 10.0. The molecule has 0 amide bonds. The standard InChI is InChI=1S/C27H54O3/c1-2-3-4-5-6-7-8-9-10-11-14-17-20-23-26(28)24-21-18-15-12-13-16-19-22-25-27(29)30/h26,28H,2-25H2,1H3,(H,29,30). The number of aliphatic hydroxyl groups is 1. The van der Waals surface area contributed by atoms with E-state index in [1.165, 1.54) is 109 Å². The number of aliphatic carboxylic acids is 1. The molecule has 180 valence electrons. The van der Waals surface area contributed by atoms with Crippen LogP contribution in [0.1, 0.15) is 161 Å². The maximum Gasteiger partial charge on any atom is 0.303 e. The summed E-state index contributed by atoms with van der Waals surface area (Å²) >= 11 is 0. The van der Waals surface area contributed by atoms with Crippen LogP contribution in [0.4, 0.5) is 0 Å². The Morgan fingerprint density at radius 3 is 1.17 bits per heavy atom. The van der Waals surface area contributed by atoms with Crippen molar-refractivity contribution in [1.82, 2.24) is 0 Å². The zero-order chi connectivity index (χ0) is 22.1. The van der Waals surface area contributed by atoms with Crippen molar-refractivity contribution in [2.45, 2.75) is 167 Å². The number of unbranched alkanes of at least 4 members (excludes halogenated alkanes) is 19. The monoisotopic (exact) mass is 426 g/mol. The molecule has 0 radical (unpaired) electrons. The van der Waals surface area contributed by atoms with Gasteiger partial charge in [0.25, 0.3) is 0 Å². The highest BCUT2D eigenvalue weighted by Crippen LogP contribution is 2.16. The molecule has 0 saturated carbocycles. The van der Waals surface area contributed by atoms with Crippen LogP contribution < -0.4 is 0 Å². The number of carbonyl (C=O) groups is 1. The molecule has 3 nitrogen and oxygen atoms in total. The van der Waals surface area contributed by atoms with E-state index in [-0.39, 0.29) is 6.10 Å². The maximum absolute atomic E-state index is 10.4. The SMILES string of the molecule is CCCCCCCCCCCCCCCC(O)CCCCCCCCCCC(=O)O. The molecule has 0 fully saturated rings. The molecular formula is C27H54O3. The van der Waals surface area contributed by atoms with Crippen molar-refractivity contribution in [2.75, 3.05) is 0 Å². The molecule has 1 atom stereocenters. The van der Waals surface area contributed by atoms with Crippen molar-refractivity contribution in [3.8, 4) is 0 Å². The van der Waals surface area contributed by atoms with Crippen LogP contribution in [0.3, 0.4) is 0 Å². The van der Waals surface area contributed by atoms with Crippen molar-refractivity contribution in [1.29, 1.82) is 0 Å². The first-order valence-corrected chi connectivity index (χ1v) is 13.6. The summed E-state index contributed by atoms with van der Waals surface area (Å²) in [5, 5.41) is 18.7. The summed E-state index contributed by atoms with van der Waals surface area (Å²) in [6.45, 7) is 2.28. The van der Waals surface area contributed by atoms with Crippen LogP contribution in [0.15, 0.2) is 0 Å². The van der Waals surface area contributed by atoms with E-state index in [0.717, 1.165) is 38.5 Å².